The van der Waals surface area contributed by atoms with Crippen LogP contribution in [-0.4, -0.2) is 31.1 Å². The third-order valence-corrected chi connectivity index (χ3v) is 5.71. The van der Waals surface area contributed by atoms with Gasteiger partial charge in [-0.3, -0.25) is 4.79 Å². The van der Waals surface area contributed by atoms with Crippen LogP contribution < -0.4 is 11.0 Å². The summed E-state index contributed by atoms with van der Waals surface area (Å²) in [6.45, 7) is -0.138. The number of rotatable bonds is 5. The fraction of sp³-hybridized carbons (Fsp3) is 0.368. The van der Waals surface area contributed by atoms with E-state index in [0.29, 0.717) is 15.6 Å². The Morgan fingerprint density at radius 1 is 1.29 bits per heavy atom. The van der Waals surface area contributed by atoms with Gasteiger partial charge < -0.3 is 5.32 Å². The topological polar surface area (TPSA) is 81.3 Å². The van der Waals surface area contributed by atoms with Crippen LogP contribution in [0.2, 0.25) is 0 Å². The normalized spacial score (nSPS) is 15.0. The highest BCUT2D eigenvalue weighted by molar-refractivity contribution is 7.99. The molecule has 1 saturated carbocycles. The van der Waals surface area contributed by atoms with Gasteiger partial charge in [-0.15, -0.1) is 5.10 Å². The molecule has 28 heavy (non-hydrogen) atoms. The minimum absolute atomic E-state index is 0.138. The van der Waals surface area contributed by atoms with E-state index in [-0.39, 0.29) is 24.3 Å². The molecule has 1 aliphatic rings. The predicted octanol–water partition coefficient (Wildman–Crippen LogP) is 2.63. The Bertz CT molecular complexity index is 1060. The van der Waals surface area contributed by atoms with Gasteiger partial charge in [0.2, 0.25) is 5.91 Å². The molecule has 0 bridgehead atoms. The number of benzene rings is 1. The van der Waals surface area contributed by atoms with Crippen LogP contribution in [0.25, 0.3) is 5.65 Å². The fourth-order valence-electron chi connectivity index (χ4n) is 3.40. The van der Waals surface area contributed by atoms with E-state index in [4.69, 9.17) is 0 Å². The van der Waals surface area contributed by atoms with E-state index >= 15 is 0 Å². The number of amides is 1. The lowest BCUT2D eigenvalue weighted by molar-refractivity contribution is -0.122. The van der Waals surface area contributed by atoms with E-state index in [1.54, 1.807) is 12.1 Å². The molecule has 1 N–H and O–H groups in total. The molecule has 0 aliphatic heterocycles. The molecule has 7 nitrogen and oxygen atoms in total. The van der Waals surface area contributed by atoms with Gasteiger partial charge in [0, 0.05) is 23.3 Å². The lowest BCUT2D eigenvalue weighted by Crippen LogP contribution is -2.40. The summed E-state index contributed by atoms with van der Waals surface area (Å²) >= 11 is 1.21. The van der Waals surface area contributed by atoms with Gasteiger partial charge in [-0.2, -0.15) is 0 Å². The molecule has 2 heterocycles. The van der Waals surface area contributed by atoms with Crippen LogP contribution in [-0.2, 0) is 11.3 Å². The van der Waals surface area contributed by atoms with E-state index in [2.05, 4.69) is 15.4 Å². The Hall–Kier alpha value is -2.68. The molecule has 0 unspecified atom stereocenters. The molecule has 1 amide bonds. The van der Waals surface area contributed by atoms with Crippen molar-refractivity contribution >= 4 is 23.3 Å². The molecule has 0 radical (unpaired) electrons. The molecular formula is C19H20FN5O2S. The van der Waals surface area contributed by atoms with Gasteiger partial charge in [-0.05, 0) is 31.0 Å². The number of fused-ring (bicyclic) bond motifs is 1. The molecule has 0 atom stereocenters. The van der Waals surface area contributed by atoms with Crippen molar-refractivity contribution in [3.05, 3.63) is 53.0 Å². The van der Waals surface area contributed by atoms with Crippen LogP contribution in [0.15, 0.2) is 51.4 Å². The number of aromatic nitrogens is 4. The van der Waals surface area contributed by atoms with Gasteiger partial charge >= 0.3 is 5.69 Å². The number of carbonyl (C=O) groups is 1. The van der Waals surface area contributed by atoms with Crippen molar-refractivity contribution in [3.8, 4) is 0 Å². The fourth-order valence-corrected chi connectivity index (χ4v) is 4.28. The zero-order chi connectivity index (χ0) is 19.5. The van der Waals surface area contributed by atoms with Crippen LogP contribution in [0.1, 0.15) is 32.1 Å². The highest BCUT2D eigenvalue weighted by Gasteiger charge is 2.18. The van der Waals surface area contributed by atoms with Crippen LogP contribution >= 0.6 is 11.8 Å². The summed E-state index contributed by atoms with van der Waals surface area (Å²) in [5.41, 5.74) is -0.0653. The molecule has 2 aromatic heterocycles. The monoisotopic (exact) mass is 401 g/mol. The first-order chi connectivity index (χ1) is 13.6. The van der Waals surface area contributed by atoms with E-state index in [0.717, 1.165) is 30.4 Å². The van der Waals surface area contributed by atoms with Gasteiger partial charge in [-0.25, -0.2) is 23.3 Å². The second-order valence-electron chi connectivity index (χ2n) is 6.83. The molecule has 0 saturated heterocycles. The highest BCUT2D eigenvalue weighted by atomic mass is 32.2. The maximum Gasteiger partial charge on any atom is 0.350 e. The Labute approximate surface area is 165 Å². The number of halogens is 1. The van der Waals surface area contributed by atoms with Gasteiger partial charge in [0.1, 0.15) is 17.4 Å². The molecule has 146 valence electrons. The molecule has 0 spiro atoms. The highest BCUT2D eigenvalue weighted by Crippen LogP contribution is 2.28. The van der Waals surface area contributed by atoms with Crippen LogP contribution in [0, 0.1) is 5.82 Å². The van der Waals surface area contributed by atoms with Crippen molar-refractivity contribution in [1.29, 1.82) is 0 Å². The number of hydrogen-bond donors (Lipinski definition) is 1. The molecule has 1 fully saturated rings. The zero-order valence-electron chi connectivity index (χ0n) is 15.2. The van der Waals surface area contributed by atoms with E-state index in [9.17, 15) is 14.0 Å². The van der Waals surface area contributed by atoms with Crippen molar-refractivity contribution in [1.82, 2.24) is 24.5 Å². The Kier molecular flexibility index (Phi) is 5.43. The first-order valence-electron chi connectivity index (χ1n) is 9.27. The third-order valence-electron chi connectivity index (χ3n) is 4.74. The summed E-state index contributed by atoms with van der Waals surface area (Å²) in [6.07, 6.45) is 8.39. The van der Waals surface area contributed by atoms with Gasteiger partial charge in [0.25, 0.3) is 0 Å². The average molecular weight is 401 g/mol. The summed E-state index contributed by atoms with van der Waals surface area (Å²) < 4.78 is 15.9. The van der Waals surface area contributed by atoms with Gasteiger partial charge in [0.05, 0.1) is 0 Å². The molecule has 9 heteroatoms. The summed E-state index contributed by atoms with van der Waals surface area (Å²) in [4.78, 5) is 29.9. The van der Waals surface area contributed by atoms with Crippen molar-refractivity contribution < 1.29 is 9.18 Å². The van der Waals surface area contributed by atoms with Crippen LogP contribution in [0.5, 0.6) is 0 Å². The van der Waals surface area contributed by atoms with Crippen molar-refractivity contribution in [3.63, 3.8) is 0 Å². The van der Waals surface area contributed by atoms with Crippen LogP contribution in [0.3, 0.4) is 0 Å². The minimum Gasteiger partial charge on any atom is -0.352 e. The molecular weight excluding hydrogens is 381 g/mol. The summed E-state index contributed by atoms with van der Waals surface area (Å²) in [5, 5.41) is 7.75. The number of nitrogens with zero attached hydrogens (tertiary/aromatic N) is 4. The molecule has 4 rings (SSSR count). The smallest absolute Gasteiger partial charge is 0.350 e. The van der Waals surface area contributed by atoms with Crippen molar-refractivity contribution in [2.75, 3.05) is 0 Å². The van der Waals surface area contributed by atoms with Gasteiger partial charge in [-0.1, -0.05) is 37.1 Å². The number of nitrogens with one attached hydrogen (secondary N) is 1. The first-order valence-corrected chi connectivity index (χ1v) is 10.1. The number of hydrogen-bond acceptors (Lipinski definition) is 5. The summed E-state index contributed by atoms with van der Waals surface area (Å²) in [6, 6.07) is 6.30. The maximum absolute atomic E-state index is 13.4. The quantitative estimate of drug-likeness (QED) is 0.711. The Morgan fingerprint density at radius 2 is 2.11 bits per heavy atom. The standard InChI is InChI=1S/C19H20FN5O2S/c20-13-5-4-8-15(11-13)28-18-17-23-25(19(27)24(17)10-9-21-18)12-16(26)22-14-6-2-1-3-7-14/h4-5,8-11,14H,1-3,6-7,12H2,(H,22,26). The lowest BCUT2D eigenvalue weighted by Gasteiger charge is -2.22. The number of carbonyl (C=O) groups excluding carboxylic acids is 1. The third kappa shape index (κ3) is 4.09. The second kappa shape index (κ2) is 8.14. The van der Waals surface area contributed by atoms with Crippen molar-refractivity contribution in [2.45, 2.75) is 54.6 Å². The summed E-state index contributed by atoms with van der Waals surface area (Å²) in [5.74, 6) is -0.566. The second-order valence-corrected chi connectivity index (χ2v) is 7.89. The summed E-state index contributed by atoms with van der Waals surface area (Å²) in [7, 11) is 0. The van der Waals surface area contributed by atoms with E-state index in [1.807, 2.05) is 0 Å². The van der Waals surface area contributed by atoms with Gasteiger partial charge in [0.15, 0.2) is 5.65 Å². The zero-order valence-corrected chi connectivity index (χ0v) is 16.0. The molecule has 3 aromatic rings. The lowest BCUT2D eigenvalue weighted by atomic mass is 9.95. The van der Waals surface area contributed by atoms with Crippen molar-refractivity contribution in [2.24, 2.45) is 0 Å². The SMILES string of the molecule is O=C(Cn1nc2c(Sc3cccc(F)c3)nccn2c1=O)NC1CCCCC1. The predicted molar refractivity (Wildman–Crippen MR) is 103 cm³/mol. The maximum atomic E-state index is 13.4. The van der Waals surface area contributed by atoms with E-state index in [1.165, 1.54) is 47.1 Å². The largest absolute Gasteiger partial charge is 0.352 e. The molecule has 1 aliphatic carbocycles. The molecule has 1 aromatic carbocycles. The minimum atomic E-state index is -0.405. The average Bonchev–Trinajstić information content (AvgIpc) is 2.99. The van der Waals surface area contributed by atoms with E-state index < -0.39 is 5.69 Å². The Balaban J connectivity index is 1.56. The Morgan fingerprint density at radius 3 is 2.89 bits per heavy atom. The first kappa shape index (κ1) is 18.7. The van der Waals surface area contributed by atoms with Crippen LogP contribution in [0.4, 0.5) is 4.39 Å².